The van der Waals surface area contributed by atoms with Gasteiger partial charge in [0.25, 0.3) is 0 Å². The van der Waals surface area contributed by atoms with Gasteiger partial charge in [-0.25, -0.2) is 0 Å². The van der Waals surface area contributed by atoms with Crippen molar-refractivity contribution in [1.29, 1.82) is 0 Å². The van der Waals surface area contributed by atoms with Crippen molar-refractivity contribution in [3.63, 3.8) is 0 Å². The first-order valence-corrected chi connectivity index (χ1v) is 18.3. The summed E-state index contributed by atoms with van der Waals surface area (Å²) in [5, 5.41) is 9.84. The number of hydrogen-bond donors (Lipinski definition) is 0. The maximum Gasteiger partial charge on any atom is 0.143 e. The molecule has 10 aromatic rings. The second-order valence-corrected chi connectivity index (χ2v) is 13.3. The lowest BCUT2D eigenvalue weighted by molar-refractivity contribution is 0.670. The zero-order valence-corrected chi connectivity index (χ0v) is 29.7. The van der Waals surface area contributed by atoms with Crippen LogP contribution in [0.5, 0.6) is 0 Å². The normalized spacial score (nSPS) is 11.4. The molecule has 9 aromatic carbocycles. The van der Waals surface area contributed by atoms with Crippen molar-refractivity contribution in [3.05, 3.63) is 181 Å². The van der Waals surface area contributed by atoms with E-state index in [0.29, 0.717) is 0 Å². The second kappa shape index (κ2) is 13.0. The van der Waals surface area contributed by atoms with Gasteiger partial charge in [0.2, 0.25) is 0 Å². The average molecular weight is 667 g/mol. The van der Waals surface area contributed by atoms with E-state index in [9.17, 15) is 0 Å². The molecule has 52 heavy (non-hydrogen) atoms. The first kappa shape index (κ1) is 31.5. The molecule has 0 amide bonds. The van der Waals surface area contributed by atoms with Crippen LogP contribution >= 0.6 is 0 Å². The highest BCUT2D eigenvalue weighted by molar-refractivity contribution is 6.24. The van der Waals surface area contributed by atoms with Crippen LogP contribution in [0.4, 0.5) is 0 Å². The van der Waals surface area contributed by atoms with Crippen LogP contribution in [0.2, 0.25) is 0 Å². The van der Waals surface area contributed by atoms with Gasteiger partial charge in [0.05, 0.1) is 0 Å². The number of aryl methyl sites for hydroxylation is 1. The van der Waals surface area contributed by atoms with Crippen LogP contribution in [0.15, 0.2) is 180 Å². The Hall–Kier alpha value is -6.44. The molecule has 1 heteroatoms. The van der Waals surface area contributed by atoms with Crippen molar-refractivity contribution < 1.29 is 4.42 Å². The van der Waals surface area contributed by atoms with E-state index in [1.165, 1.54) is 82.0 Å². The monoisotopic (exact) mass is 666 g/mol. The minimum Gasteiger partial charge on any atom is -0.455 e. The summed E-state index contributed by atoms with van der Waals surface area (Å²) in [4.78, 5) is 0. The van der Waals surface area contributed by atoms with Gasteiger partial charge in [-0.3, -0.25) is 0 Å². The van der Waals surface area contributed by atoms with Crippen LogP contribution in [0.1, 0.15) is 19.4 Å². The van der Waals surface area contributed by atoms with E-state index in [0.717, 1.165) is 22.3 Å². The van der Waals surface area contributed by atoms with Crippen LogP contribution in [0, 0.1) is 6.92 Å². The maximum atomic E-state index is 6.69. The molecule has 1 nitrogen and oxygen atoms in total. The summed E-state index contributed by atoms with van der Waals surface area (Å²) in [5.41, 5.74) is 12.7. The lowest BCUT2D eigenvalue weighted by atomic mass is 9.84. The van der Waals surface area contributed by atoms with Gasteiger partial charge in [0.1, 0.15) is 11.2 Å². The number of fused-ring (bicyclic) bond motifs is 7. The van der Waals surface area contributed by atoms with Gasteiger partial charge in [-0.2, -0.15) is 0 Å². The highest BCUT2D eigenvalue weighted by Gasteiger charge is 2.20. The molecule has 0 fully saturated rings. The zero-order chi connectivity index (χ0) is 35.2. The van der Waals surface area contributed by atoms with Gasteiger partial charge in [-0.1, -0.05) is 166 Å². The first-order chi connectivity index (χ1) is 25.7. The Kier molecular flexibility index (Phi) is 7.90. The van der Waals surface area contributed by atoms with Gasteiger partial charge in [-0.15, -0.1) is 0 Å². The smallest absolute Gasteiger partial charge is 0.143 e. The maximum absolute atomic E-state index is 6.69. The van der Waals surface area contributed by atoms with Crippen LogP contribution in [-0.4, -0.2) is 0 Å². The molecule has 248 valence electrons. The summed E-state index contributed by atoms with van der Waals surface area (Å²) in [6.45, 7) is 6.18. The molecule has 0 atom stereocenters. The fourth-order valence-electron chi connectivity index (χ4n) is 8.11. The van der Waals surface area contributed by atoms with Crippen LogP contribution < -0.4 is 0 Å². The molecular formula is C51H38O. The molecule has 0 radical (unpaired) electrons. The van der Waals surface area contributed by atoms with Gasteiger partial charge in [0.15, 0.2) is 0 Å². The summed E-state index contributed by atoms with van der Waals surface area (Å²) in [6, 6.07) is 63.8. The van der Waals surface area contributed by atoms with Crippen molar-refractivity contribution in [2.24, 2.45) is 0 Å². The SMILES string of the molecule is CC.Cc1cccc2oc3c(-c4cccc(-c5ccc6c(-c7ccccc7)c7ccccc7c(-c7ccccc7)c6c5)c4)cc4ccccc4c3c12. The third-order valence-electron chi connectivity index (χ3n) is 10.4. The largest absolute Gasteiger partial charge is 0.455 e. The second-order valence-electron chi connectivity index (χ2n) is 13.3. The lowest BCUT2D eigenvalue weighted by Gasteiger charge is -2.19. The molecule has 0 spiro atoms. The lowest BCUT2D eigenvalue weighted by Crippen LogP contribution is -1.91. The number of rotatable bonds is 4. The topological polar surface area (TPSA) is 13.1 Å². The fourth-order valence-corrected chi connectivity index (χ4v) is 8.11. The highest BCUT2D eigenvalue weighted by Crippen LogP contribution is 2.46. The van der Waals surface area contributed by atoms with Crippen molar-refractivity contribution in [2.75, 3.05) is 0 Å². The fraction of sp³-hybridized carbons (Fsp3) is 0.0588. The molecule has 10 rings (SSSR count). The van der Waals surface area contributed by atoms with E-state index in [-0.39, 0.29) is 0 Å². The zero-order valence-electron chi connectivity index (χ0n) is 29.7. The molecule has 1 heterocycles. The number of hydrogen-bond acceptors (Lipinski definition) is 1. The van der Waals surface area contributed by atoms with Crippen LogP contribution in [0.25, 0.3) is 98.8 Å². The third-order valence-corrected chi connectivity index (χ3v) is 10.4. The van der Waals surface area contributed by atoms with Crippen molar-refractivity contribution in [2.45, 2.75) is 20.8 Å². The number of furan rings is 1. The molecule has 0 aliphatic carbocycles. The predicted molar refractivity (Wildman–Crippen MR) is 224 cm³/mol. The molecule has 1 aromatic heterocycles. The highest BCUT2D eigenvalue weighted by atomic mass is 16.3. The van der Waals surface area contributed by atoms with E-state index < -0.39 is 0 Å². The Morgan fingerprint density at radius 2 is 0.904 bits per heavy atom. The first-order valence-electron chi connectivity index (χ1n) is 18.3. The van der Waals surface area contributed by atoms with E-state index in [1.807, 2.05) is 13.8 Å². The molecule has 0 N–H and O–H groups in total. The van der Waals surface area contributed by atoms with Crippen LogP contribution in [-0.2, 0) is 0 Å². The summed E-state index contributed by atoms with van der Waals surface area (Å²) in [7, 11) is 0. The van der Waals surface area contributed by atoms with E-state index in [2.05, 4.69) is 183 Å². The van der Waals surface area contributed by atoms with Gasteiger partial charge in [0, 0.05) is 16.3 Å². The minimum absolute atomic E-state index is 0.929. The standard InChI is InChI=1S/C49H32O.C2H6/c1-31-14-12-25-44-45(31)48-38-22-9-8-19-37(38)30-42(49(48)50-44)36-21-13-20-34(28-36)35-26-27-41-43(29-35)47(33-17-6-3-7-18-33)40-24-11-10-23-39(40)46(41)32-15-4-2-5-16-32;1-2/h2-30H,1H3;1-2H3. The van der Waals surface area contributed by atoms with Gasteiger partial charge < -0.3 is 4.42 Å². The molecule has 0 aliphatic heterocycles. The van der Waals surface area contributed by atoms with Gasteiger partial charge >= 0.3 is 0 Å². The van der Waals surface area contributed by atoms with Gasteiger partial charge in [-0.05, 0) is 108 Å². The molecule has 0 saturated heterocycles. The van der Waals surface area contributed by atoms with Crippen molar-refractivity contribution >= 4 is 54.3 Å². The Morgan fingerprint density at radius 1 is 0.365 bits per heavy atom. The number of benzene rings is 9. The Bertz CT molecular complexity index is 2910. The van der Waals surface area contributed by atoms with E-state index in [4.69, 9.17) is 4.42 Å². The van der Waals surface area contributed by atoms with Crippen molar-refractivity contribution in [1.82, 2.24) is 0 Å². The summed E-state index contributed by atoms with van der Waals surface area (Å²) in [6.07, 6.45) is 0. The molecule has 0 bridgehead atoms. The minimum atomic E-state index is 0.929. The van der Waals surface area contributed by atoms with Crippen LogP contribution in [0.3, 0.4) is 0 Å². The Labute approximate surface area is 304 Å². The molecular weight excluding hydrogens is 629 g/mol. The third kappa shape index (κ3) is 5.09. The van der Waals surface area contributed by atoms with E-state index in [1.54, 1.807) is 0 Å². The summed E-state index contributed by atoms with van der Waals surface area (Å²) < 4.78 is 6.69. The quantitative estimate of drug-likeness (QED) is 0.170. The van der Waals surface area contributed by atoms with E-state index >= 15 is 0 Å². The molecule has 0 aliphatic rings. The Balaban J connectivity index is 0.00000177. The molecule has 0 unspecified atom stereocenters. The summed E-state index contributed by atoms with van der Waals surface area (Å²) >= 11 is 0. The predicted octanol–water partition coefficient (Wildman–Crippen LogP) is 15.0. The molecule has 0 saturated carbocycles. The van der Waals surface area contributed by atoms with Crippen molar-refractivity contribution in [3.8, 4) is 44.5 Å². The summed E-state index contributed by atoms with van der Waals surface area (Å²) in [5.74, 6) is 0. The Morgan fingerprint density at radius 3 is 1.62 bits per heavy atom. The average Bonchev–Trinajstić information content (AvgIpc) is 3.62.